The highest BCUT2D eigenvalue weighted by Crippen LogP contribution is 2.35. The monoisotopic (exact) mass is 544 g/mol. The van der Waals surface area contributed by atoms with E-state index in [2.05, 4.69) is 30.4 Å². The summed E-state index contributed by atoms with van der Waals surface area (Å²) in [5.41, 5.74) is -0.183. The largest absolute Gasteiger partial charge is 0.390 e. The molecule has 2 N–H and O–H groups in total. The molecule has 0 unspecified atom stereocenters. The summed E-state index contributed by atoms with van der Waals surface area (Å²) in [6.45, 7) is 1.73. The Kier molecular flexibility index (Phi) is 7.20. The Balaban J connectivity index is 1.32. The van der Waals surface area contributed by atoms with Crippen molar-refractivity contribution in [2.24, 2.45) is 0 Å². The number of benzene rings is 1. The van der Waals surface area contributed by atoms with Crippen LogP contribution in [0.25, 0.3) is 11.3 Å². The summed E-state index contributed by atoms with van der Waals surface area (Å²) in [6, 6.07) is 2.03. The molecule has 1 aliphatic heterocycles. The fourth-order valence-electron chi connectivity index (χ4n) is 3.86. The second-order valence-electron chi connectivity index (χ2n) is 8.44. The second-order valence-corrected chi connectivity index (χ2v) is 8.84. The standard InChI is InChI=1S/C24H20ClF3N8O2/c25-16-3-2-15(22(27)28)20(21(16)26)17-8-29-9-18(33-17)23(38)32-14-7-31-36(11-14)10-13-6-30-24(34-19(13)12-37)35-4-1-5-35/h2-3,6-9,11,22,37H,1,4-5,10,12H2,(H,32,38). The number of anilines is 2. The number of aromatic nitrogens is 6. The average molecular weight is 545 g/mol. The van der Waals surface area contributed by atoms with Gasteiger partial charge in [0.1, 0.15) is 5.69 Å². The van der Waals surface area contributed by atoms with Crippen LogP contribution in [0.4, 0.5) is 24.8 Å². The molecule has 0 radical (unpaired) electrons. The van der Waals surface area contributed by atoms with Gasteiger partial charge in [0.05, 0.1) is 53.8 Å². The number of aliphatic hydroxyl groups excluding tert-OH is 1. The molecule has 3 aromatic heterocycles. The van der Waals surface area contributed by atoms with Crippen LogP contribution in [0.15, 0.2) is 43.1 Å². The first-order chi connectivity index (χ1) is 18.3. The molecular weight excluding hydrogens is 525 g/mol. The molecule has 1 fully saturated rings. The Morgan fingerprint density at radius 2 is 1.97 bits per heavy atom. The van der Waals surface area contributed by atoms with Crippen LogP contribution in [0.2, 0.25) is 5.02 Å². The third-order valence-corrected chi connectivity index (χ3v) is 6.23. The maximum absolute atomic E-state index is 14.6. The number of halogens is 4. The molecular formula is C24H20ClF3N8O2. The van der Waals surface area contributed by atoms with Gasteiger partial charge in [-0.1, -0.05) is 17.7 Å². The zero-order valence-electron chi connectivity index (χ0n) is 19.7. The lowest BCUT2D eigenvalue weighted by Gasteiger charge is -2.31. The summed E-state index contributed by atoms with van der Waals surface area (Å²) in [7, 11) is 0. The Morgan fingerprint density at radius 3 is 2.68 bits per heavy atom. The fourth-order valence-corrected chi connectivity index (χ4v) is 4.01. The van der Waals surface area contributed by atoms with Gasteiger partial charge in [0.25, 0.3) is 12.3 Å². The first-order valence-electron chi connectivity index (χ1n) is 11.5. The van der Waals surface area contributed by atoms with Gasteiger partial charge in [-0.2, -0.15) is 5.10 Å². The van der Waals surface area contributed by atoms with E-state index >= 15 is 0 Å². The van der Waals surface area contributed by atoms with Crippen molar-refractivity contribution in [3.05, 3.63) is 76.5 Å². The minimum Gasteiger partial charge on any atom is -0.390 e. The highest BCUT2D eigenvalue weighted by molar-refractivity contribution is 6.31. The number of amides is 1. The van der Waals surface area contributed by atoms with Gasteiger partial charge in [-0.25, -0.2) is 28.1 Å². The van der Waals surface area contributed by atoms with Crippen molar-refractivity contribution < 1.29 is 23.1 Å². The molecule has 1 amide bonds. The Morgan fingerprint density at radius 1 is 1.16 bits per heavy atom. The molecule has 14 heteroatoms. The lowest BCUT2D eigenvalue weighted by atomic mass is 10.0. The molecule has 196 valence electrons. The van der Waals surface area contributed by atoms with Crippen LogP contribution in [0, 0.1) is 5.82 Å². The SMILES string of the molecule is O=C(Nc1cnn(Cc2cnc(N3CCC3)nc2CO)c1)c1cncc(-c2c(C(F)F)ccc(Cl)c2F)n1. The summed E-state index contributed by atoms with van der Waals surface area (Å²) in [4.78, 5) is 31.5. The number of carbonyl (C=O) groups is 1. The van der Waals surface area contributed by atoms with Gasteiger partial charge in [0.2, 0.25) is 5.95 Å². The summed E-state index contributed by atoms with van der Waals surface area (Å²) in [5, 5.41) is 16.2. The first-order valence-corrected chi connectivity index (χ1v) is 11.8. The molecule has 0 atom stereocenters. The number of nitrogens with zero attached hydrogens (tertiary/aromatic N) is 7. The molecule has 0 spiro atoms. The van der Waals surface area contributed by atoms with Gasteiger partial charge in [0, 0.05) is 42.2 Å². The summed E-state index contributed by atoms with van der Waals surface area (Å²) >= 11 is 5.78. The van der Waals surface area contributed by atoms with Crippen molar-refractivity contribution >= 4 is 29.1 Å². The minimum absolute atomic E-state index is 0.229. The quantitative estimate of drug-likeness (QED) is 0.343. The second kappa shape index (κ2) is 10.7. The number of nitrogens with one attached hydrogen (secondary N) is 1. The molecule has 4 aromatic rings. The van der Waals surface area contributed by atoms with Gasteiger partial charge < -0.3 is 15.3 Å². The van der Waals surface area contributed by atoms with Crippen molar-refractivity contribution in [2.45, 2.75) is 26.0 Å². The third kappa shape index (κ3) is 5.15. The summed E-state index contributed by atoms with van der Waals surface area (Å²) in [5.74, 6) is -1.22. The van der Waals surface area contributed by atoms with Crippen molar-refractivity contribution in [1.82, 2.24) is 29.7 Å². The predicted octanol–water partition coefficient (Wildman–Crippen LogP) is 3.86. The normalized spacial score (nSPS) is 13.1. The number of hydrogen-bond acceptors (Lipinski definition) is 8. The smallest absolute Gasteiger partial charge is 0.275 e. The minimum atomic E-state index is -2.99. The van der Waals surface area contributed by atoms with Crippen LogP contribution in [-0.4, -0.2) is 53.8 Å². The van der Waals surface area contributed by atoms with Crippen LogP contribution >= 0.6 is 11.6 Å². The van der Waals surface area contributed by atoms with E-state index in [4.69, 9.17) is 11.6 Å². The van der Waals surface area contributed by atoms with E-state index in [1.54, 1.807) is 12.4 Å². The van der Waals surface area contributed by atoms with E-state index in [1.807, 2.05) is 4.90 Å². The zero-order valence-corrected chi connectivity index (χ0v) is 20.4. The molecule has 1 aliphatic rings. The van der Waals surface area contributed by atoms with E-state index in [0.717, 1.165) is 44.0 Å². The maximum Gasteiger partial charge on any atom is 0.275 e. The zero-order chi connectivity index (χ0) is 26.8. The number of carbonyl (C=O) groups excluding carboxylic acids is 1. The number of rotatable bonds is 8. The first kappa shape index (κ1) is 25.5. The van der Waals surface area contributed by atoms with Gasteiger partial charge in [-0.3, -0.25) is 14.5 Å². The van der Waals surface area contributed by atoms with Gasteiger partial charge >= 0.3 is 0 Å². The number of hydrogen-bond donors (Lipinski definition) is 2. The molecule has 5 rings (SSSR count). The van der Waals surface area contributed by atoms with E-state index in [9.17, 15) is 23.1 Å². The molecule has 38 heavy (non-hydrogen) atoms. The Hall–Kier alpha value is -4.10. The number of alkyl halides is 2. The lowest BCUT2D eigenvalue weighted by Crippen LogP contribution is -2.38. The Bertz CT molecular complexity index is 1500. The van der Waals surface area contributed by atoms with Crippen molar-refractivity contribution in [3.63, 3.8) is 0 Å². The van der Waals surface area contributed by atoms with Crippen LogP contribution in [0.5, 0.6) is 0 Å². The molecule has 10 nitrogen and oxygen atoms in total. The van der Waals surface area contributed by atoms with Gasteiger partial charge in [-0.05, 0) is 12.5 Å². The number of aliphatic hydroxyl groups is 1. The topological polar surface area (TPSA) is 122 Å². The van der Waals surface area contributed by atoms with Crippen LogP contribution in [0.1, 0.15) is 40.2 Å². The summed E-state index contributed by atoms with van der Waals surface area (Å²) < 4.78 is 43.1. The molecule has 0 saturated carbocycles. The van der Waals surface area contributed by atoms with Gasteiger partial charge in [-0.15, -0.1) is 0 Å². The fraction of sp³-hybridized carbons (Fsp3) is 0.250. The third-order valence-electron chi connectivity index (χ3n) is 5.94. The van der Waals surface area contributed by atoms with Crippen LogP contribution in [-0.2, 0) is 13.2 Å². The Labute approximate surface area is 219 Å². The molecule has 4 heterocycles. The maximum atomic E-state index is 14.6. The molecule has 0 bridgehead atoms. The summed E-state index contributed by atoms with van der Waals surface area (Å²) in [6.07, 6.45) is 4.86. The van der Waals surface area contributed by atoms with Crippen molar-refractivity contribution in [2.75, 3.05) is 23.3 Å². The van der Waals surface area contributed by atoms with E-state index < -0.39 is 29.3 Å². The van der Waals surface area contributed by atoms with Gasteiger partial charge in [0.15, 0.2) is 5.82 Å². The molecule has 1 aromatic carbocycles. The highest BCUT2D eigenvalue weighted by atomic mass is 35.5. The molecule has 1 saturated heterocycles. The van der Waals surface area contributed by atoms with E-state index in [-0.39, 0.29) is 29.6 Å². The predicted molar refractivity (Wildman–Crippen MR) is 131 cm³/mol. The van der Waals surface area contributed by atoms with Crippen LogP contribution < -0.4 is 10.2 Å². The van der Waals surface area contributed by atoms with E-state index in [0.29, 0.717) is 22.9 Å². The van der Waals surface area contributed by atoms with Crippen molar-refractivity contribution in [1.29, 1.82) is 0 Å². The van der Waals surface area contributed by atoms with Crippen molar-refractivity contribution in [3.8, 4) is 11.3 Å². The molecule has 0 aliphatic carbocycles. The average Bonchev–Trinajstić information content (AvgIpc) is 3.31. The highest BCUT2D eigenvalue weighted by Gasteiger charge is 2.23. The lowest BCUT2D eigenvalue weighted by molar-refractivity contribution is 0.102. The van der Waals surface area contributed by atoms with E-state index in [1.165, 1.54) is 10.9 Å². The van der Waals surface area contributed by atoms with Crippen LogP contribution in [0.3, 0.4) is 0 Å².